The predicted octanol–water partition coefficient (Wildman–Crippen LogP) is 3.58. The van der Waals surface area contributed by atoms with Crippen molar-refractivity contribution < 1.29 is 23.5 Å². The molecule has 2 unspecified atom stereocenters. The highest BCUT2D eigenvalue weighted by molar-refractivity contribution is 6.02. The van der Waals surface area contributed by atoms with E-state index in [1.165, 1.54) is 16.8 Å². The summed E-state index contributed by atoms with van der Waals surface area (Å²) in [5.41, 5.74) is -0.998. The van der Waals surface area contributed by atoms with E-state index in [9.17, 15) is 28.3 Å². The van der Waals surface area contributed by atoms with Crippen molar-refractivity contribution in [2.24, 2.45) is 11.8 Å². The van der Waals surface area contributed by atoms with Crippen LogP contribution in [-0.2, 0) is 13.0 Å². The molecule has 1 aromatic carbocycles. The van der Waals surface area contributed by atoms with E-state index < -0.39 is 28.6 Å². The molecule has 8 heteroatoms. The Kier molecular flexibility index (Phi) is 6.22. The van der Waals surface area contributed by atoms with E-state index in [4.69, 9.17) is 0 Å². The summed E-state index contributed by atoms with van der Waals surface area (Å²) in [5, 5.41) is 10.6. The number of fused-ring (bicyclic) bond motifs is 2. The normalized spacial score (nSPS) is 22.8. The molecular formula is C25H28F2N2O4. The standard InChI is InChI=1S/C25H28F2N2O4/c1-13(2)29-10-14(3)8-17-20(29)12-28-11-18(24(32)25(33)22(28)23(17)31)21(30)7-5-15-4-6-16(26)9-19(15)27/h4,6,9,11,13-14,17,20,33H,5,7-8,10,12H2,1-3H3/t14-,17?,20?/m0/s1. The molecule has 3 heterocycles. The molecular weight excluding hydrogens is 430 g/mol. The van der Waals surface area contributed by atoms with Gasteiger partial charge < -0.3 is 9.67 Å². The average molecular weight is 459 g/mol. The van der Waals surface area contributed by atoms with Crippen LogP contribution in [0.3, 0.4) is 0 Å². The van der Waals surface area contributed by atoms with Crippen LogP contribution in [0.4, 0.5) is 8.78 Å². The van der Waals surface area contributed by atoms with Gasteiger partial charge in [-0.15, -0.1) is 0 Å². The number of aryl methyl sites for hydroxylation is 1. The lowest BCUT2D eigenvalue weighted by atomic mass is 9.77. The fraction of sp³-hybridized carbons (Fsp3) is 0.480. The van der Waals surface area contributed by atoms with Gasteiger partial charge in [0.05, 0.1) is 5.56 Å². The van der Waals surface area contributed by atoms with Crippen LogP contribution in [0, 0.1) is 23.5 Å². The van der Waals surface area contributed by atoms with Crippen molar-refractivity contribution in [2.75, 3.05) is 6.54 Å². The quantitative estimate of drug-likeness (QED) is 0.693. The molecule has 4 rings (SSSR count). The molecule has 0 amide bonds. The molecule has 3 atom stereocenters. The van der Waals surface area contributed by atoms with Crippen molar-refractivity contribution in [1.82, 2.24) is 9.47 Å². The van der Waals surface area contributed by atoms with Crippen LogP contribution >= 0.6 is 0 Å². The number of Topliss-reactive ketones (excluding diaryl/α,β-unsaturated/α-hetero) is 2. The van der Waals surface area contributed by atoms with Gasteiger partial charge >= 0.3 is 0 Å². The Morgan fingerprint density at radius 2 is 1.94 bits per heavy atom. The molecule has 33 heavy (non-hydrogen) atoms. The molecule has 0 saturated carbocycles. The lowest BCUT2D eigenvalue weighted by molar-refractivity contribution is 0.0170. The minimum Gasteiger partial charge on any atom is -0.503 e. The van der Waals surface area contributed by atoms with Gasteiger partial charge in [-0.25, -0.2) is 8.78 Å². The fourth-order valence-electron chi connectivity index (χ4n) is 5.23. The molecule has 2 aromatic rings. The van der Waals surface area contributed by atoms with Gasteiger partial charge in [-0.3, -0.25) is 19.3 Å². The Hall–Kier alpha value is -2.87. The molecule has 1 saturated heterocycles. The van der Waals surface area contributed by atoms with E-state index in [0.717, 1.165) is 18.7 Å². The minimum absolute atomic E-state index is 0.0183. The Bertz CT molecular complexity index is 1170. The first-order valence-electron chi connectivity index (χ1n) is 11.3. The third-order valence-electron chi connectivity index (χ3n) is 6.88. The van der Waals surface area contributed by atoms with Gasteiger partial charge in [0.1, 0.15) is 17.3 Å². The Morgan fingerprint density at radius 1 is 1.21 bits per heavy atom. The van der Waals surface area contributed by atoms with Crippen LogP contribution in [-0.4, -0.2) is 44.8 Å². The molecule has 0 aliphatic carbocycles. The van der Waals surface area contributed by atoms with E-state index >= 15 is 0 Å². The average Bonchev–Trinajstić information content (AvgIpc) is 2.75. The molecule has 6 nitrogen and oxygen atoms in total. The lowest BCUT2D eigenvalue weighted by Crippen LogP contribution is -2.57. The summed E-state index contributed by atoms with van der Waals surface area (Å²) in [6, 6.07) is 3.25. The fourth-order valence-corrected chi connectivity index (χ4v) is 5.23. The molecule has 176 valence electrons. The molecule has 1 N–H and O–H groups in total. The maximum Gasteiger partial charge on any atom is 0.234 e. The highest BCUT2D eigenvalue weighted by Crippen LogP contribution is 2.37. The number of rotatable bonds is 5. The van der Waals surface area contributed by atoms with Gasteiger partial charge in [0, 0.05) is 49.8 Å². The number of nitrogens with zero attached hydrogens (tertiary/aromatic N) is 2. The van der Waals surface area contributed by atoms with Crippen molar-refractivity contribution in [3.63, 3.8) is 0 Å². The van der Waals surface area contributed by atoms with Crippen LogP contribution in [0.5, 0.6) is 5.75 Å². The maximum absolute atomic E-state index is 13.9. The van der Waals surface area contributed by atoms with E-state index in [1.54, 1.807) is 0 Å². The summed E-state index contributed by atoms with van der Waals surface area (Å²) in [5.74, 6) is -3.02. The van der Waals surface area contributed by atoms with Crippen LogP contribution in [0.2, 0.25) is 0 Å². The zero-order chi connectivity index (χ0) is 24.0. The van der Waals surface area contributed by atoms with Crippen molar-refractivity contribution in [1.29, 1.82) is 0 Å². The first kappa shape index (κ1) is 23.3. The second kappa shape index (κ2) is 8.82. The number of pyridine rings is 1. The highest BCUT2D eigenvalue weighted by atomic mass is 19.1. The van der Waals surface area contributed by atoms with Crippen molar-refractivity contribution >= 4 is 11.6 Å². The van der Waals surface area contributed by atoms with Gasteiger partial charge in [-0.2, -0.15) is 0 Å². The summed E-state index contributed by atoms with van der Waals surface area (Å²) >= 11 is 0. The van der Waals surface area contributed by atoms with E-state index in [0.29, 0.717) is 18.9 Å². The number of ketones is 2. The number of hydrogen-bond donors (Lipinski definition) is 1. The Balaban J connectivity index is 1.65. The van der Waals surface area contributed by atoms with Gasteiger partial charge in [-0.05, 0) is 44.2 Å². The number of carbonyl (C=O) groups excluding carboxylic acids is 2. The van der Waals surface area contributed by atoms with E-state index in [2.05, 4.69) is 25.7 Å². The number of piperidine rings is 1. The topological polar surface area (TPSA) is 79.6 Å². The number of aromatic hydroxyl groups is 1. The van der Waals surface area contributed by atoms with Crippen LogP contribution < -0.4 is 5.43 Å². The molecule has 0 spiro atoms. The number of aromatic nitrogens is 1. The molecule has 2 aliphatic heterocycles. The summed E-state index contributed by atoms with van der Waals surface area (Å²) in [6.07, 6.45) is 1.83. The van der Waals surface area contributed by atoms with Crippen molar-refractivity contribution in [3.8, 4) is 5.75 Å². The number of likely N-dealkylation sites (tertiary alicyclic amines) is 1. The van der Waals surface area contributed by atoms with Crippen LogP contribution in [0.25, 0.3) is 0 Å². The smallest absolute Gasteiger partial charge is 0.234 e. The third kappa shape index (κ3) is 4.24. The first-order valence-corrected chi connectivity index (χ1v) is 11.3. The van der Waals surface area contributed by atoms with Crippen LogP contribution in [0.15, 0.2) is 29.2 Å². The zero-order valence-corrected chi connectivity index (χ0v) is 19.0. The largest absolute Gasteiger partial charge is 0.503 e. The third-order valence-corrected chi connectivity index (χ3v) is 6.88. The summed E-state index contributed by atoms with van der Waals surface area (Å²) in [6.45, 7) is 7.47. The van der Waals surface area contributed by atoms with Gasteiger partial charge in [0.25, 0.3) is 0 Å². The highest BCUT2D eigenvalue weighted by Gasteiger charge is 2.45. The molecule has 0 bridgehead atoms. The summed E-state index contributed by atoms with van der Waals surface area (Å²) < 4.78 is 28.5. The van der Waals surface area contributed by atoms with Gasteiger partial charge in [0.2, 0.25) is 5.43 Å². The van der Waals surface area contributed by atoms with Crippen molar-refractivity contribution in [3.05, 3.63) is 63.1 Å². The molecule has 0 radical (unpaired) electrons. The summed E-state index contributed by atoms with van der Waals surface area (Å²) in [4.78, 5) is 41.2. The minimum atomic E-state index is -0.887. The number of benzene rings is 1. The van der Waals surface area contributed by atoms with E-state index in [1.807, 2.05) is 0 Å². The number of carbonyl (C=O) groups is 2. The van der Waals surface area contributed by atoms with Crippen molar-refractivity contribution in [2.45, 2.75) is 58.7 Å². The Morgan fingerprint density at radius 3 is 2.61 bits per heavy atom. The monoisotopic (exact) mass is 458 g/mol. The number of hydrogen-bond acceptors (Lipinski definition) is 5. The maximum atomic E-state index is 13.9. The lowest BCUT2D eigenvalue weighted by Gasteiger charge is -2.48. The second-order valence-corrected chi connectivity index (χ2v) is 9.55. The Labute approximate surface area is 190 Å². The second-order valence-electron chi connectivity index (χ2n) is 9.55. The van der Waals surface area contributed by atoms with Gasteiger partial charge in [0.15, 0.2) is 17.3 Å². The first-order chi connectivity index (χ1) is 15.6. The zero-order valence-electron chi connectivity index (χ0n) is 19.0. The van der Waals surface area contributed by atoms with E-state index in [-0.39, 0.29) is 53.4 Å². The predicted molar refractivity (Wildman–Crippen MR) is 119 cm³/mol. The van der Waals surface area contributed by atoms with Gasteiger partial charge in [-0.1, -0.05) is 13.0 Å². The number of halogens is 2. The SMILES string of the molecule is CC(C)N1C[C@@H](C)CC2C(=O)c3c(O)c(=O)c(C(=O)CCc4ccc(F)cc4F)cn3CC21. The molecule has 1 fully saturated rings. The summed E-state index contributed by atoms with van der Waals surface area (Å²) in [7, 11) is 0. The molecule has 1 aromatic heterocycles. The van der Waals surface area contributed by atoms with Crippen LogP contribution in [0.1, 0.15) is 60.0 Å². The molecule has 2 aliphatic rings.